The Morgan fingerprint density at radius 3 is 2.15 bits per heavy atom. The van der Waals surface area contributed by atoms with Crippen LogP contribution in [0.1, 0.15) is 27.2 Å². The zero-order valence-corrected chi connectivity index (χ0v) is 9.09. The summed E-state index contributed by atoms with van der Waals surface area (Å²) in [4.78, 5) is 2.60. The molecule has 2 heteroatoms. The van der Waals surface area contributed by atoms with Crippen LogP contribution in [0.2, 0.25) is 0 Å². The Labute approximate surface area is 81.5 Å². The summed E-state index contributed by atoms with van der Waals surface area (Å²) in [5.74, 6) is 1.61. The first-order valence-corrected chi connectivity index (χ1v) is 5.44. The van der Waals surface area contributed by atoms with Crippen LogP contribution in [0.3, 0.4) is 0 Å². The first kappa shape index (κ1) is 9.47. The average Bonchev–Trinajstić information content (AvgIpc) is 2.00. The highest BCUT2D eigenvalue weighted by molar-refractivity contribution is 5.00. The topological polar surface area (TPSA) is 29.3 Å². The molecule has 2 bridgehead atoms. The molecule has 2 saturated heterocycles. The summed E-state index contributed by atoms with van der Waals surface area (Å²) in [5.41, 5.74) is 6.47. The Balaban J connectivity index is 1.85. The van der Waals surface area contributed by atoms with Gasteiger partial charge in [0.25, 0.3) is 0 Å². The first-order valence-electron chi connectivity index (χ1n) is 5.44. The van der Waals surface area contributed by atoms with Gasteiger partial charge < -0.3 is 10.6 Å². The van der Waals surface area contributed by atoms with Gasteiger partial charge in [-0.05, 0) is 23.7 Å². The van der Waals surface area contributed by atoms with Crippen LogP contribution < -0.4 is 5.73 Å². The molecule has 3 fully saturated rings. The molecule has 0 spiro atoms. The number of fused-ring (bicyclic) bond motifs is 2. The van der Waals surface area contributed by atoms with E-state index in [1.165, 1.54) is 26.1 Å². The average molecular weight is 182 g/mol. The number of hydrogen-bond donors (Lipinski definition) is 1. The Hall–Kier alpha value is -0.0800. The molecule has 2 unspecified atom stereocenters. The van der Waals surface area contributed by atoms with Crippen LogP contribution in [0.15, 0.2) is 0 Å². The number of rotatable bonds is 1. The van der Waals surface area contributed by atoms with Crippen LogP contribution in [0, 0.1) is 17.3 Å². The summed E-state index contributed by atoms with van der Waals surface area (Å²) in [6.07, 6.45) is 1.39. The zero-order chi connectivity index (χ0) is 9.64. The van der Waals surface area contributed by atoms with Crippen molar-refractivity contribution < 1.29 is 0 Å². The lowest BCUT2D eigenvalue weighted by Crippen LogP contribution is -2.62. The van der Waals surface area contributed by atoms with Gasteiger partial charge in [0.2, 0.25) is 0 Å². The predicted molar refractivity (Wildman–Crippen MR) is 55.5 cm³/mol. The molecule has 13 heavy (non-hydrogen) atoms. The molecule has 3 aliphatic rings. The monoisotopic (exact) mass is 182 g/mol. The molecule has 2 aliphatic heterocycles. The van der Waals surface area contributed by atoms with Crippen LogP contribution >= 0.6 is 0 Å². The fraction of sp³-hybridized carbons (Fsp3) is 1.00. The fourth-order valence-corrected chi connectivity index (χ4v) is 2.82. The molecule has 0 radical (unpaired) electrons. The van der Waals surface area contributed by atoms with Gasteiger partial charge in [-0.25, -0.2) is 0 Å². The second kappa shape index (κ2) is 2.96. The van der Waals surface area contributed by atoms with Gasteiger partial charge in [0.1, 0.15) is 0 Å². The molecular weight excluding hydrogens is 160 g/mol. The van der Waals surface area contributed by atoms with Crippen molar-refractivity contribution in [1.29, 1.82) is 0 Å². The van der Waals surface area contributed by atoms with Crippen molar-refractivity contribution in [3.63, 3.8) is 0 Å². The molecule has 2 nitrogen and oxygen atoms in total. The summed E-state index contributed by atoms with van der Waals surface area (Å²) < 4.78 is 0. The highest BCUT2D eigenvalue weighted by atomic mass is 15.2. The number of nitrogens with zero attached hydrogens (tertiary/aromatic N) is 1. The van der Waals surface area contributed by atoms with Crippen molar-refractivity contribution in [1.82, 2.24) is 4.90 Å². The van der Waals surface area contributed by atoms with E-state index in [0.29, 0.717) is 11.5 Å². The molecule has 0 aromatic heterocycles. The summed E-state index contributed by atoms with van der Waals surface area (Å²) in [5, 5.41) is 0. The van der Waals surface area contributed by atoms with E-state index in [2.05, 4.69) is 25.7 Å². The van der Waals surface area contributed by atoms with E-state index >= 15 is 0 Å². The lowest BCUT2D eigenvalue weighted by atomic mass is 9.66. The molecule has 76 valence electrons. The zero-order valence-electron chi connectivity index (χ0n) is 9.09. The summed E-state index contributed by atoms with van der Waals surface area (Å²) >= 11 is 0. The molecule has 2 N–H and O–H groups in total. The number of hydrogen-bond acceptors (Lipinski definition) is 2. The standard InChI is InChI=1S/C11H22N2/c1-11(2,3)7-13-5-8-4-9(6-13)10(8)12/h8-10H,4-7,12H2,1-3H3. The Bertz CT molecular complexity index is 183. The van der Waals surface area contributed by atoms with Crippen LogP contribution in [0.4, 0.5) is 0 Å². The Morgan fingerprint density at radius 2 is 1.77 bits per heavy atom. The third-order valence-corrected chi connectivity index (χ3v) is 3.38. The fourth-order valence-electron chi connectivity index (χ4n) is 2.82. The largest absolute Gasteiger partial charge is 0.327 e. The maximum Gasteiger partial charge on any atom is 0.0120 e. The quantitative estimate of drug-likeness (QED) is 0.662. The van der Waals surface area contributed by atoms with Gasteiger partial charge >= 0.3 is 0 Å². The van der Waals surface area contributed by atoms with Crippen LogP contribution in [-0.2, 0) is 0 Å². The van der Waals surface area contributed by atoms with Crippen molar-refractivity contribution in [3.05, 3.63) is 0 Å². The third-order valence-electron chi connectivity index (χ3n) is 3.38. The van der Waals surface area contributed by atoms with Crippen LogP contribution in [0.5, 0.6) is 0 Å². The second-order valence-electron chi connectivity index (χ2n) is 6.09. The molecule has 1 saturated carbocycles. The van der Waals surface area contributed by atoms with E-state index in [-0.39, 0.29) is 0 Å². The van der Waals surface area contributed by atoms with E-state index in [1.54, 1.807) is 0 Å². The van der Waals surface area contributed by atoms with E-state index in [4.69, 9.17) is 5.73 Å². The summed E-state index contributed by atoms with van der Waals surface area (Å²) in [6.45, 7) is 10.7. The normalized spacial score (nSPS) is 40.2. The molecule has 0 amide bonds. The molecule has 2 heterocycles. The van der Waals surface area contributed by atoms with Gasteiger partial charge in [0, 0.05) is 25.7 Å². The van der Waals surface area contributed by atoms with E-state index < -0.39 is 0 Å². The predicted octanol–water partition coefficient (Wildman–Crippen LogP) is 1.31. The van der Waals surface area contributed by atoms with Crippen LogP contribution in [-0.4, -0.2) is 30.6 Å². The van der Waals surface area contributed by atoms with E-state index in [0.717, 1.165) is 11.8 Å². The second-order valence-corrected chi connectivity index (χ2v) is 6.09. The SMILES string of the molecule is CC(C)(C)CN1CC2CC(C1)C2N. The number of piperidine rings is 2. The molecule has 1 aliphatic carbocycles. The molecule has 3 rings (SSSR count). The van der Waals surface area contributed by atoms with Crippen LogP contribution in [0.25, 0.3) is 0 Å². The maximum absolute atomic E-state index is 6.03. The third kappa shape index (κ3) is 1.89. The molecule has 0 aromatic rings. The molecular formula is C11H22N2. The van der Waals surface area contributed by atoms with E-state index in [9.17, 15) is 0 Å². The lowest BCUT2D eigenvalue weighted by Gasteiger charge is -2.53. The minimum absolute atomic E-state index is 0.438. The summed E-state index contributed by atoms with van der Waals surface area (Å²) in [7, 11) is 0. The molecule has 0 aromatic carbocycles. The van der Waals surface area contributed by atoms with Gasteiger partial charge in [0.15, 0.2) is 0 Å². The van der Waals surface area contributed by atoms with Crippen molar-refractivity contribution in [2.45, 2.75) is 33.2 Å². The van der Waals surface area contributed by atoms with Gasteiger partial charge in [-0.15, -0.1) is 0 Å². The minimum Gasteiger partial charge on any atom is -0.327 e. The van der Waals surface area contributed by atoms with Gasteiger partial charge in [-0.1, -0.05) is 20.8 Å². The highest BCUT2D eigenvalue weighted by Gasteiger charge is 2.44. The molecule has 2 atom stereocenters. The van der Waals surface area contributed by atoms with Gasteiger partial charge in [-0.3, -0.25) is 0 Å². The van der Waals surface area contributed by atoms with Crippen molar-refractivity contribution in [3.8, 4) is 0 Å². The van der Waals surface area contributed by atoms with E-state index in [1.807, 2.05) is 0 Å². The van der Waals surface area contributed by atoms with Crippen molar-refractivity contribution in [2.24, 2.45) is 23.0 Å². The Morgan fingerprint density at radius 1 is 1.23 bits per heavy atom. The smallest absolute Gasteiger partial charge is 0.0120 e. The first-order chi connectivity index (χ1) is 5.96. The lowest BCUT2D eigenvalue weighted by molar-refractivity contribution is -0.0114. The van der Waals surface area contributed by atoms with Crippen molar-refractivity contribution in [2.75, 3.05) is 19.6 Å². The maximum atomic E-state index is 6.03. The Kier molecular flexibility index (Phi) is 2.16. The van der Waals surface area contributed by atoms with Crippen molar-refractivity contribution >= 4 is 0 Å². The minimum atomic E-state index is 0.438. The highest BCUT2D eigenvalue weighted by Crippen LogP contribution is 2.39. The van der Waals surface area contributed by atoms with Gasteiger partial charge in [-0.2, -0.15) is 0 Å². The van der Waals surface area contributed by atoms with Gasteiger partial charge in [0.05, 0.1) is 0 Å². The number of nitrogens with two attached hydrogens (primary N) is 1. The summed E-state index contributed by atoms with van der Waals surface area (Å²) in [6, 6.07) is 0.524.